The van der Waals surface area contributed by atoms with Crippen LogP contribution in [-0.2, 0) is 17.3 Å². The van der Waals surface area contributed by atoms with Gasteiger partial charge in [-0.15, -0.1) is 0 Å². The molecule has 1 aromatic carbocycles. The Morgan fingerprint density at radius 3 is 2.83 bits per heavy atom. The Kier molecular flexibility index (Phi) is 4.69. The average molecular weight is 419 g/mol. The third kappa shape index (κ3) is 3.16. The third-order valence-electron chi connectivity index (χ3n) is 4.90. The molecule has 2 amide bonds. The number of carbonyl (C=O) groups is 2. The molecular formula is C19H16F3N5O3. The number of hydrogen-bond donors (Lipinski definition) is 2. The molecule has 1 aliphatic carbocycles. The Morgan fingerprint density at radius 2 is 2.13 bits per heavy atom. The lowest BCUT2D eigenvalue weighted by Gasteiger charge is -2.14. The highest BCUT2D eigenvalue weighted by molar-refractivity contribution is 6.01. The number of fused-ring (bicyclic) bond motifs is 2. The predicted molar refractivity (Wildman–Crippen MR) is 97.3 cm³/mol. The minimum absolute atomic E-state index is 0.00804. The molecule has 2 aromatic heterocycles. The van der Waals surface area contributed by atoms with Gasteiger partial charge in [0.2, 0.25) is 0 Å². The topological polar surface area (TPSA) is 112 Å². The molecule has 30 heavy (non-hydrogen) atoms. The van der Waals surface area contributed by atoms with Crippen LogP contribution in [0.25, 0.3) is 5.65 Å². The molecule has 11 heteroatoms. The first-order valence-corrected chi connectivity index (χ1v) is 8.87. The van der Waals surface area contributed by atoms with Crippen LogP contribution in [0.1, 0.15) is 50.1 Å². The Labute approximate surface area is 167 Å². The van der Waals surface area contributed by atoms with Crippen molar-refractivity contribution >= 4 is 17.5 Å². The lowest BCUT2D eigenvalue weighted by atomic mass is 10.1. The second kappa shape index (κ2) is 7.10. The van der Waals surface area contributed by atoms with Gasteiger partial charge in [-0.1, -0.05) is 0 Å². The number of hydrogen-bond acceptors (Lipinski definition) is 5. The van der Waals surface area contributed by atoms with E-state index in [1.54, 1.807) is 0 Å². The average Bonchev–Trinajstić information content (AvgIpc) is 3.16. The van der Waals surface area contributed by atoms with Crippen LogP contribution in [0.3, 0.4) is 0 Å². The first-order valence-electron chi connectivity index (χ1n) is 8.87. The molecule has 8 nitrogen and oxygen atoms in total. The van der Waals surface area contributed by atoms with E-state index in [1.165, 1.54) is 19.4 Å². The van der Waals surface area contributed by atoms with E-state index < -0.39 is 36.0 Å². The summed E-state index contributed by atoms with van der Waals surface area (Å²) in [6, 6.07) is 3.17. The second-order valence-corrected chi connectivity index (χ2v) is 6.85. The first kappa shape index (κ1) is 19.8. The lowest BCUT2D eigenvalue weighted by Crippen LogP contribution is -2.30. The fraction of sp³-hybridized carbons (Fsp3) is 0.263. The molecule has 4 rings (SSSR count). The fourth-order valence-electron chi connectivity index (χ4n) is 3.64. The van der Waals surface area contributed by atoms with Gasteiger partial charge in [0.05, 0.1) is 12.6 Å². The molecule has 0 fully saturated rings. The normalized spacial score (nSPS) is 17.1. The third-order valence-corrected chi connectivity index (χ3v) is 4.90. The van der Waals surface area contributed by atoms with Gasteiger partial charge in [0.25, 0.3) is 17.7 Å². The van der Waals surface area contributed by atoms with Gasteiger partial charge in [0.15, 0.2) is 5.65 Å². The van der Waals surface area contributed by atoms with Crippen LogP contribution < -0.4 is 11.1 Å². The number of aromatic nitrogens is 3. The summed E-state index contributed by atoms with van der Waals surface area (Å²) in [7, 11) is 1.40. The van der Waals surface area contributed by atoms with Crippen LogP contribution in [0, 0.1) is 5.82 Å². The summed E-state index contributed by atoms with van der Waals surface area (Å²) in [5, 5.41) is 6.66. The van der Waals surface area contributed by atoms with Gasteiger partial charge in [-0.2, -0.15) is 5.10 Å². The summed E-state index contributed by atoms with van der Waals surface area (Å²) >= 11 is 0. The molecule has 1 unspecified atom stereocenters. The summed E-state index contributed by atoms with van der Waals surface area (Å²) in [6.45, 7) is -0.0514. The van der Waals surface area contributed by atoms with Gasteiger partial charge in [0, 0.05) is 25.3 Å². The van der Waals surface area contributed by atoms with Gasteiger partial charge in [-0.05, 0) is 29.8 Å². The Bertz CT molecular complexity index is 1180. The summed E-state index contributed by atoms with van der Waals surface area (Å²) in [4.78, 5) is 28.8. The Hall–Kier alpha value is -3.47. The maximum Gasteiger partial charge on any atom is 0.275 e. The van der Waals surface area contributed by atoms with Crippen molar-refractivity contribution in [3.05, 3.63) is 64.4 Å². The maximum absolute atomic E-state index is 14.3. The van der Waals surface area contributed by atoms with E-state index in [9.17, 15) is 22.8 Å². The minimum atomic E-state index is -3.20. The van der Waals surface area contributed by atoms with Crippen LogP contribution in [0.4, 0.5) is 13.2 Å². The number of nitrogens with two attached hydrogens (primary N) is 1. The van der Waals surface area contributed by atoms with Crippen LogP contribution >= 0.6 is 0 Å². The Morgan fingerprint density at radius 1 is 1.37 bits per heavy atom. The van der Waals surface area contributed by atoms with Crippen LogP contribution in [0.15, 0.2) is 30.5 Å². The van der Waals surface area contributed by atoms with Crippen LogP contribution in [0.5, 0.6) is 0 Å². The van der Waals surface area contributed by atoms with Crippen molar-refractivity contribution < 1.29 is 27.5 Å². The van der Waals surface area contributed by atoms with Gasteiger partial charge in [-0.3, -0.25) is 9.59 Å². The zero-order chi connectivity index (χ0) is 21.6. The highest BCUT2D eigenvalue weighted by Crippen LogP contribution is 2.47. The summed E-state index contributed by atoms with van der Waals surface area (Å²) < 4.78 is 48.3. The minimum Gasteiger partial charge on any atom is -0.378 e. The smallest absolute Gasteiger partial charge is 0.275 e. The van der Waals surface area contributed by atoms with Crippen molar-refractivity contribution in [2.75, 3.05) is 7.11 Å². The molecule has 0 bridgehead atoms. The molecule has 0 spiro atoms. The zero-order valence-electron chi connectivity index (χ0n) is 15.7. The van der Waals surface area contributed by atoms with Crippen LogP contribution in [0.2, 0.25) is 0 Å². The van der Waals surface area contributed by atoms with Gasteiger partial charge in [-0.25, -0.2) is 22.7 Å². The van der Waals surface area contributed by atoms with Crippen molar-refractivity contribution in [1.29, 1.82) is 0 Å². The SMILES string of the molecule is COCc1nn2c(C(=O)NC3CC(F)(F)c4ccc(F)cc43)ccnc2c1C(N)=O. The quantitative estimate of drug-likeness (QED) is 0.658. The van der Waals surface area contributed by atoms with Crippen molar-refractivity contribution in [3.63, 3.8) is 0 Å². The molecule has 0 saturated heterocycles. The van der Waals surface area contributed by atoms with Crippen molar-refractivity contribution in [2.45, 2.75) is 25.0 Å². The predicted octanol–water partition coefficient (Wildman–Crippen LogP) is 2.08. The number of methoxy groups -OCH3 is 1. The molecule has 3 N–H and O–H groups in total. The number of nitrogens with one attached hydrogen (secondary N) is 1. The molecule has 2 heterocycles. The number of primary amides is 1. The van der Waals surface area contributed by atoms with Crippen molar-refractivity contribution in [3.8, 4) is 0 Å². The molecule has 1 atom stereocenters. The number of nitrogens with zero attached hydrogens (tertiary/aromatic N) is 3. The number of halogens is 3. The van der Waals surface area contributed by atoms with Gasteiger partial charge < -0.3 is 15.8 Å². The summed E-state index contributed by atoms with van der Waals surface area (Å²) in [5.74, 6) is -5.44. The van der Waals surface area contributed by atoms with E-state index in [2.05, 4.69) is 15.4 Å². The molecule has 0 aliphatic heterocycles. The number of carbonyl (C=O) groups excluding carboxylic acids is 2. The highest BCUT2D eigenvalue weighted by atomic mass is 19.3. The first-order chi connectivity index (χ1) is 14.2. The molecular weight excluding hydrogens is 403 g/mol. The number of ether oxygens (including phenoxy) is 1. The molecule has 3 aromatic rings. The summed E-state index contributed by atoms with van der Waals surface area (Å²) in [5.41, 5.74) is 5.23. The molecule has 1 aliphatic rings. The van der Waals surface area contributed by atoms with Gasteiger partial charge in [0.1, 0.15) is 22.8 Å². The van der Waals surface area contributed by atoms with E-state index in [-0.39, 0.29) is 40.3 Å². The van der Waals surface area contributed by atoms with Crippen molar-refractivity contribution in [1.82, 2.24) is 19.9 Å². The Balaban J connectivity index is 1.73. The molecule has 0 saturated carbocycles. The zero-order valence-corrected chi connectivity index (χ0v) is 15.7. The van der Waals surface area contributed by atoms with E-state index in [0.29, 0.717) is 0 Å². The van der Waals surface area contributed by atoms with E-state index in [0.717, 1.165) is 22.7 Å². The largest absolute Gasteiger partial charge is 0.378 e. The molecule has 156 valence electrons. The number of amides is 2. The standard InChI is InChI=1S/C19H16F3N5O3/c1-30-8-13-15(16(23)28)17-24-5-4-14(27(17)26-13)18(29)25-12-7-19(21,22)11-3-2-9(20)6-10(11)12/h2-6,12H,7-8H2,1H3,(H2,23,28)(H,25,29). The number of benzene rings is 1. The van der Waals surface area contributed by atoms with E-state index >= 15 is 0 Å². The number of alkyl halides is 2. The van der Waals surface area contributed by atoms with E-state index in [4.69, 9.17) is 10.5 Å². The highest BCUT2D eigenvalue weighted by Gasteiger charge is 2.45. The van der Waals surface area contributed by atoms with Crippen LogP contribution in [-0.4, -0.2) is 33.5 Å². The summed E-state index contributed by atoms with van der Waals surface area (Å²) in [6.07, 6.45) is 0.568. The number of rotatable bonds is 5. The fourth-order valence-corrected chi connectivity index (χ4v) is 3.64. The van der Waals surface area contributed by atoms with E-state index in [1.807, 2.05) is 0 Å². The monoisotopic (exact) mass is 419 g/mol. The van der Waals surface area contributed by atoms with Crippen molar-refractivity contribution in [2.24, 2.45) is 5.73 Å². The lowest BCUT2D eigenvalue weighted by molar-refractivity contribution is -0.00847. The second-order valence-electron chi connectivity index (χ2n) is 6.85. The molecule has 0 radical (unpaired) electrons. The van der Waals surface area contributed by atoms with Gasteiger partial charge >= 0.3 is 0 Å². The maximum atomic E-state index is 14.3.